The molecule has 6 heteroatoms. The number of aliphatic hydroxyl groups is 2. The first-order valence-corrected chi connectivity index (χ1v) is 6.36. The van der Waals surface area contributed by atoms with E-state index in [0.29, 0.717) is 13.1 Å². The van der Waals surface area contributed by atoms with E-state index in [2.05, 4.69) is 10.3 Å². The number of nitrogens with one attached hydrogen (secondary N) is 1. The van der Waals surface area contributed by atoms with Crippen LogP contribution in [0.25, 0.3) is 4.96 Å². The van der Waals surface area contributed by atoms with E-state index in [4.69, 9.17) is 5.11 Å². The van der Waals surface area contributed by atoms with E-state index in [9.17, 15) is 5.11 Å². The summed E-state index contributed by atoms with van der Waals surface area (Å²) in [6.07, 6.45) is 1.99. The average Bonchev–Trinajstić information content (AvgIpc) is 2.81. The van der Waals surface area contributed by atoms with Gasteiger partial charge in [0.1, 0.15) is 0 Å². The number of hydrogen-bond acceptors (Lipinski definition) is 5. The molecule has 0 fully saturated rings. The predicted octanol–water partition coefficient (Wildman–Crippen LogP) is 0.537. The smallest absolute Gasteiger partial charge is 0.194 e. The van der Waals surface area contributed by atoms with E-state index < -0.39 is 5.60 Å². The van der Waals surface area contributed by atoms with Gasteiger partial charge in [0.05, 0.1) is 23.6 Å². The van der Waals surface area contributed by atoms with Crippen LogP contribution in [0.4, 0.5) is 0 Å². The Morgan fingerprint density at radius 1 is 1.59 bits per heavy atom. The first-order valence-electron chi connectivity index (χ1n) is 5.48. The fourth-order valence-corrected chi connectivity index (χ4v) is 2.44. The highest BCUT2D eigenvalue weighted by Crippen LogP contribution is 2.16. The normalized spacial score (nSPS) is 15.3. The maximum Gasteiger partial charge on any atom is 0.194 e. The Kier molecular flexibility index (Phi) is 3.48. The monoisotopic (exact) mass is 255 g/mol. The molecule has 0 aliphatic rings. The number of aliphatic hydroxyl groups excluding tert-OH is 1. The van der Waals surface area contributed by atoms with Crippen molar-refractivity contribution in [3.8, 4) is 0 Å². The van der Waals surface area contributed by atoms with Crippen LogP contribution in [0.2, 0.25) is 0 Å². The molecule has 2 aromatic heterocycles. The Hall–Kier alpha value is -0.950. The molecule has 0 bridgehead atoms. The molecule has 94 valence electrons. The second-order valence-corrected chi connectivity index (χ2v) is 5.33. The summed E-state index contributed by atoms with van der Waals surface area (Å²) in [5.41, 5.74) is 1.01. The molecule has 0 aromatic carbocycles. The third-order valence-electron chi connectivity index (χ3n) is 2.70. The molecule has 0 aliphatic heterocycles. The minimum Gasteiger partial charge on any atom is -0.393 e. The predicted molar refractivity (Wildman–Crippen MR) is 67.2 cm³/mol. The van der Waals surface area contributed by atoms with Crippen molar-refractivity contribution < 1.29 is 10.2 Å². The molecule has 0 aliphatic carbocycles. The third-order valence-corrected chi connectivity index (χ3v) is 3.46. The average molecular weight is 255 g/mol. The fraction of sp³-hybridized carbons (Fsp3) is 0.545. The lowest BCUT2D eigenvalue weighted by Crippen LogP contribution is -2.40. The van der Waals surface area contributed by atoms with Crippen molar-refractivity contribution in [1.29, 1.82) is 0 Å². The second kappa shape index (κ2) is 4.73. The molecule has 3 N–H and O–H groups in total. The minimum absolute atomic E-state index is 0.251. The summed E-state index contributed by atoms with van der Waals surface area (Å²) < 4.78 is 2.04. The molecule has 0 spiro atoms. The highest BCUT2D eigenvalue weighted by molar-refractivity contribution is 7.15. The van der Waals surface area contributed by atoms with E-state index in [0.717, 1.165) is 16.3 Å². The molecule has 2 aromatic rings. The lowest BCUT2D eigenvalue weighted by molar-refractivity contribution is 0.00246. The number of rotatable bonds is 5. The summed E-state index contributed by atoms with van der Waals surface area (Å²) in [6.45, 7) is 4.30. The highest BCUT2D eigenvalue weighted by atomic mass is 32.1. The first-order chi connectivity index (χ1) is 8.03. The van der Waals surface area contributed by atoms with Crippen LogP contribution in [0.1, 0.15) is 18.3 Å². The van der Waals surface area contributed by atoms with Gasteiger partial charge in [0, 0.05) is 24.7 Å². The van der Waals surface area contributed by atoms with Crippen LogP contribution in [-0.4, -0.2) is 38.4 Å². The van der Waals surface area contributed by atoms with Gasteiger partial charge in [0.25, 0.3) is 0 Å². The van der Waals surface area contributed by atoms with E-state index in [1.54, 1.807) is 18.3 Å². The van der Waals surface area contributed by atoms with Crippen molar-refractivity contribution in [3.05, 3.63) is 23.0 Å². The molecule has 2 rings (SSSR count). The Balaban J connectivity index is 2.04. The van der Waals surface area contributed by atoms with Crippen molar-refractivity contribution in [2.24, 2.45) is 0 Å². The van der Waals surface area contributed by atoms with Crippen LogP contribution < -0.4 is 5.32 Å². The number of fused-ring (bicyclic) bond motifs is 1. The van der Waals surface area contributed by atoms with Gasteiger partial charge in [-0.15, -0.1) is 11.3 Å². The lowest BCUT2D eigenvalue weighted by atomic mass is 10.1. The maximum atomic E-state index is 9.66. The van der Waals surface area contributed by atoms with Crippen LogP contribution in [0.15, 0.2) is 11.6 Å². The van der Waals surface area contributed by atoms with Gasteiger partial charge >= 0.3 is 0 Å². The third kappa shape index (κ3) is 2.66. The zero-order valence-electron chi connectivity index (χ0n) is 9.97. The molecule has 1 unspecified atom stereocenters. The van der Waals surface area contributed by atoms with Crippen LogP contribution in [0, 0.1) is 6.92 Å². The fourth-order valence-electron chi connectivity index (χ4n) is 1.66. The molecule has 5 nitrogen and oxygen atoms in total. The number of thiazole rings is 1. The summed E-state index contributed by atoms with van der Waals surface area (Å²) in [4.78, 5) is 5.42. The van der Waals surface area contributed by atoms with Crippen molar-refractivity contribution in [2.45, 2.75) is 26.0 Å². The standard InChI is InChI=1S/C11H17N3O2S/c1-8-9(5-12-6-11(2,16)7-15)14-3-4-17-10(14)13-8/h3-4,12,15-16H,5-7H2,1-2H3. The zero-order valence-corrected chi connectivity index (χ0v) is 10.8. The van der Waals surface area contributed by atoms with Crippen molar-refractivity contribution >= 4 is 16.3 Å². The topological polar surface area (TPSA) is 69.8 Å². The Morgan fingerprint density at radius 3 is 3.06 bits per heavy atom. The minimum atomic E-state index is -1.08. The molecule has 0 saturated carbocycles. The molecular formula is C11H17N3O2S. The number of imidazole rings is 1. The Bertz CT molecular complexity index is 504. The van der Waals surface area contributed by atoms with Crippen molar-refractivity contribution in [2.75, 3.05) is 13.2 Å². The van der Waals surface area contributed by atoms with Crippen LogP contribution in [0.5, 0.6) is 0 Å². The van der Waals surface area contributed by atoms with E-state index >= 15 is 0 Å². The summed E-state index contributed by atoms with van der Waals surface area (Å²) in [6, 6.07) is 0. The maximum absolute atomic E-state index is 9.66. The SMILES string of the molecule is Cc1nc2sccn2c1CNCC(C)(O)CO. The van der Waals surface area contributed by atoms with E-state index in [1.165, 1.54) is 0 Å². The van der Waals surface area contributed by atoms with Crippen molar-refractivity contribution in [3.63, 3.8) is 0 Å². The lowest BCUT2D eigenvalue weighted by Gasteiger charge is -2.20. The molecular weight excluding hydrogens is 238 g/mol. The van der Waals surface area contributed by atoms with Gasteiger partial charge in [-0.3, -0.25) is 4.40 Å². The molecule has 0 radical (unpaired) electrons. The number of hydrogen-bond donors (Lipinski definition) is 3. The summed E-state index contributed by atoms with van der Waals surface area (Å²) in [5.74, 6) is 0. The van der Waals surface area contributed by atoms with Gasteiger partial charge in [-0.2, -0.15) is 0 Å². The number of aromatic nitrogens is 2. The van der Waals surface area contributed by atoms with Crippen LogP contribution >= 0.6 is 11.3 Å². The van der Waals surface area contributed by atoms with E-state index in [1.807, 2.05) is 22.9 Å². The molecule has 0 amide bonds. The van der Waals surface area contributed by atoms with Gasteiger partial charge in [-0.05, 0) is 13.8 Å². The van der Waals surface area contributed by atoms with Gasteiger partial charge in [0.15, 0.2) is 4.96 Å². The van der Waals surface area contributed by atoms with Gasteiger partial charge in [-0.25, -0.2) is 4.98 Å². The summed E-state index contributed by atoms with van der Waals surface area (Å²) >= 11 is 1.60. The summed E-state index contributed by atoms with van der Waals surface area (Å²) in [5, 5.41) is 23.7. The number of aryl methyl sites for hydroxylation is 1. The Morgan fingerprint density at radius 2 is 2.35 bits per heavy atom. The van der Waals surface area contributed by atoms with Crippen molar-refractivity contribution in [1.82, 2.24) is 14.7 Å². The quantitative estimate of drug-likeness (QED) is 0.729. The largest absolute Gasteiger partial charge is 0.393 e. The van der Waals surface area contributed by atoms with Crippen LogP contribution in [-0.2, 0) is 6.54 Å². The van der Waals surface area contributed by atoms with Gasteiger partial charge < -0.3 is 15.5 Å². The summed E-state index contributed by atoms with van der Waals surface area (Å²) in [7, 11) is 0. The molecule has 17 heavy (non-hydrogen) atoms. The second-order valence-electron chi connectivity index (χ2n) is 4.46. The van der Waals surface area contributed by atoms with Gasteiger partial charge in [0.2, 0.25) is 0 Å². The van der Waals surface area contributed by atoms with Gasteiger partial charge in [-0.1, -0.05) is 0 Å². The molecule has 0 saturated heterocycles. The zero-order chi connectivity index (χ0) is 12.5. The van der Waals surface area contributed by atoms with Crippen LogP contribution in [0.3, 0.4) is 0 Å². The molecule has 2 heterocycles. The molecule has 1 atom stereocenters. The Labute approximate surface area is 104 Å². The first kappa shape index (κ1) is 12.5. The van der Waals surface area contributed by atoms with E-state index in [-0.39, 0.29) is 6.61 Å². The number of nitrogens with zero attached hydrogens (tertiary/aromatic N) is 2. The highest BCUT2D eigenvalue weighted by Gasteiger charge is 2.18.